The predicted octanol–water partition coefficient (Wildman–Crippen LogP) is 0.980. The van der Waals surface area contributed by atoms with E-state index in [9.17, 15) is 4.79 Å². The summed E-state index contributed by atoms with van der Waals surface area (Å²) in [4.78, 5) is 16.1. The molecule has 2 N–H and O–H groups in total. The first-order valence-electron chi connectivity index (χ1n) is 5.00. The summed E-state index contributed by atoms with van der Waals surface area (Å²) in [7, 11) is 3.18. The fourth-order valence-corrected chi connectivity index (χ4v) is 1.78. The van der Waals surface area contributed by atoms with E-state index < -0.39 is 0 Å². The first-order chi connectivity index (χ1) is 7.44. The van der Waals surface area contributed by atoms with Gasteiger partial charge in [-0.05, 0) is 12.1 Å². The SMILES string of the molecule is COC(=O)c1ccc(C(C)(C)CON)n1C. The highest BCUT2D eigenvalue weighted by molar-refractivity contribution is 5.87. The highest BCUT2D eigenvalue weighted by Gasteiger charge is 2.26. The van der Waals surface area contributed by atoms with Gasteiger partial charge in [-0.1, -0.05) is 13.8 Å². The van der Waals surface area contributed by atoms with Crippen molar-refractivity contribution in [2.75, 3.05) is 13.7 Å². The first-order valence-corrected chi connectivity index (χ1v) is 5.00. The lowest BCUT2D eigenvalue weighted by Crippen LogP contribution is -2.29. The van der Waals surface area contributed by atoms with Gasteiger partial charge in [-0.3, -0.25) is 0 Å². The molecule has 0 saturated carbocycles. The molecule has 0 radical (unpaired) electrons. The highest BCUT2D eigenvalue weighted by Crippen LogP contribution is 2.25. The lowest BCUT2D eigenvalue weighted by atomic mass is 9.90. The number of nitrogens with two attached hydrogens (primary N) is 1. The molecule has 1 rings (SSSR count). The van der Waals surface area contributed by atoms with Crippen molar-refractivity contribution in [1.82, 2.24) is 4.57 Å². The summed E-state index contributed by atoms with van der Waals surface area (Å²) < 4.78 is 6.48. The quantitative estimate of drug-likeness (QED) is 0.614. The van der Waals surface area contributed by atoms with Crippen molar-refractivity contribution >= 4 is 5.97 Å². The normalized spacial score (nSPS) is 11.6. The second-order valence-corrected chi connectivity index (χ2v) is 4.35. The summed E-state index contributed by atoms with van der Waals surface area (Å²) in [5.41, 5.74) is 1.23. The zero-order valence-electron chi connectivity index (χ0n) is 10.1. The van der Waals surface area contributed by atoms with Crippen LogP contribution in [0.3, 0.4) is 0 Å². The minimum absolute atomic E-state index is 0.254. The van der Waals surface area contributed by atoms with Crippen molar-refractivity contribution in [3.8, 4) is 0 Å². The van der Waals surface area contributed by atoms with E-state index in [0.29, 0.717) is 12.3 Å². The molecule has 5 nitrogen and oxygen atoms in total. The Morgan fingerprint density at radius 1 is 1.50 bits per heavy atom. The van der Waals surface area contributed by atoms with Gasteiger partial charge >= 0.3 is 5.97 Å². The van der Waals surface area contributed by atoms with E-state index in [0.717, 1.165) is 5.69 Å². The van der Waals surface area contributed by atoms with E-state index in [-0.39, 0.29) is 11.4 Å². The molecule has 0 amide bonds. The number of esters is 1. The third-order valence-corrected chi connectivity index (χ3v) is 2.65. The maximum atomic E-state index is 11.4. The Morgan fingerprint density at radius 3 is 2.62 bits per heavy atom. The molecule has 0 atom stereocenters. The van der Waals surface area contributed by atoms with Gasteiger partial charge in [0.05, 0.1) is 13.7 Å². The Kier molecular flexibility index (Phi) is 3.72. The molecule has 1 heterocycles. The zero-order valence-corrected chi connectivity index (χ0v) is 10.1. The number of methoxy groups -OCH3 is 1. The van der Waals surface area contributed by atoms with Crippen LogP contribution in [0.2, 0.25) is 0 Å². The van der Waals surface area contributed by atoms with E-state index in [1.807, 2.05) is 27.0 Å². The smallest absolute Gasteiger partial charge is 0.354 e. The van der Waals surface area contributed by atoms with E-state index in [1.165, 1.54) is 7.11 Å². The van der Waals surface area contributed by atoms with E-state index in [4.69, 9.17) is 5.90 Å². The number of rotatable bonds is 4. The van der Waals surface area contributed by atoms with Crippen LogP contribution in [0.15, 0.2) is 12.1 Å². The molecule has 0 saturated heterocycles. The van der Waals surface area contributed by atoms with Crippen molar-refractivity contribution in [2.24, 2.45) is 12.9 Å². The Balaban J connectivity index is 3.09. The number of aromatic nitrogens is 1. The van der Waals surface area contributed by atoms with Gasteiger partial charge in [-0.2, -0.15) is 0 Å². The monoisotopic (exact) mass is 226 g/mol. The van der Waals surface area contributed by atoms with Crippen LogP contribution in [0.5, 0.6) is 0 Å². The molecule has 0 aliphatic heterocycles. The molecule has 0 bridgehead atoms. The fourth-order valence-electron chi connectivity index (χ4n) is 1.78. The average Bonchev–Trinajstić information content (AvgIpc) is 2.59. The molecule has 1 aromatic heterocycles. The molecular weight excluding hydrogens is 208 g/mol. The van der Waals surface area contributed by atoms with Gasteiger partial charge in [0, 0.05) is 18.2 Å². The molecule has 0 aliphatic carbocycles. The summed E-state index contributed by atoms with van der Waals surface area (Å²) in [6.45, 7) is 4.37. The van der Waals surface area contributed by atoms with E-state index >= 15 is 0 Å². The van der Waals surface area contributed by atoms with E-state index in [2.05, 4.69) is 9.57 Å². The summed E-state index contributed by atoms with van der Waals surface area (Å²) in [6.07, 6.45) is 0. The molecule has 90 valence electrons. The third-order valence-electron chi connectivity index (χ3n) is 2.65. The number of hydrogen-bond donors (Lipinski definition) is 1. The second-order valence-electron chi connectivity index (χ2n) is 4.35. The van der Waals surface area contributed by atoms with Gasteiger partial charge in [-0.25, -0.2) is 10.7 Å². The molecule has 1 aromatic rings. The van der Waals surface area contributed by atoms with Crippen LogP contribution in [0, 0.1) is 0 Å². The van der Waals surface area contributed by atoms with Crippen LogP contribution in [0.25, 0.3) is 0 Å². The van der Waals surface area contributed by atoms with Crippen LogP contribution in [0.1, 0.15) is 30.0 Å². The first kappa shape index (κ1) is 12.7. The molecule has 0 aromatic carbocycles. The maximum Gasteiger partial charge on any atom is 0.354 e. The van der Waals surface area contributed by atoms with Crippen LogP contribution in [0.4, 0.5) is 0 Å². The van der Waals surface area contributed by atoms with Gasteiger partial charge in [0.1, 0.15) is 5.69 Å². The second kappa shape index (κ2) is 4.67. The molecule has 0 spiro atoms. The van der Waals surface area contributed by atoms with Gasteiger partial charge < -0.3 is 14.1 Å². The van der Waals surface area contributed by atoms with Crippen molar-refractivity contribution in [3.05, 3.63) is 23.5 Å². The van der Waals surface area contributed by atoms with Crippen molar-refractivity contribution in [2.45, 2.75) is 19.3 Å². The largest absolute Gasteiger partial charge is 0.464 e. The van der Waals surface area contributed by atoms with Gasteiger partial charge in [0.15, 0.2) is 0 Å². The van der Waals surface area contributed by atoms with Gasteiger partial charge in [-0.15, -0.1) is 0 Å². The molecule has 5 heteroatoms. The maximum absolute atomic E-state index is 11.4. The highest BCUT2D eigenvalue weighted by atomic mass is 16.6. The summed E-state index contributed by atoms with van der Waals surface area (Å²) in [5, 5.41) is 0. The molecule has 0 aliphatic rings. The Bertz CT molecular complexity index is 383. The number of carbonyl (C=O) groups excluding carboxylic acids is 1. The lowest BCUT2D eigenvalue weighted by Gasteiger charge is -2.24. The molecule has 16 heavy (non-hydrogen) atoms. The Morgan fingerprint density at radius 2 is 2.12 bits per heavy atom. The molecule has 0 unspecified atom stereocenters. The van der Waals surface area contributed by atoms with Crippen molar-refractivity contribution in [1.29, 1.82) is 0 Å². The predicted molar refractivity (Wildman–Crippen MR) is 59.9 cm³/mol. The number of carbonyl (C=O) groups is 1. The minimum atomic E-state index is -0.349. The number of nitrogens with zero attached hydrogens (tertiary/aromatic N) is 1. The average molecular weight is 226 g/mol. The Labute approximate surface area is 95.1 Å². The number of hydrogen-bond acceptors (Lipinski definition) is 4. The minimum Gasteiger partial charge on any atom is -0.464 e. The zero-order chi connectivity index (χ0) is 12.3. The van der Waals surface area contributed by atoms with E-state index in [1.54, 1.807) is 10.6 Å². The lowest BCUT2D eigenvalue weighted by molar-refractivity contribution is 0.0587. The Hall–Kier alpha value is -1.33. The van der Waals surface area contributed by atoms with Crippen LogP contribution >= 0.6 is 0 Å². The molecular formula is C11H18N2O3. The molecule has 0 fully saturated rings. The van der Waals surface area contributed by atoms with Crippen LogP contribution in [-0.2, 0) is 22.0 Å². The van der Waals surface area contributed by atoms with Crippen molar-refractivity contribution < 1.29 is 14.4 Å². The van der Waals surface area contributed by atoms with Gasteiger partial charge in [0.2, 0.25) is 0 Å². The van der Waals surface area contributed by atoms with Crippen LogP contribution < -0.4 is 5.90 Å². The third kappa shape index (κ3) is 2.25. The number of ether oxygens (including phenoxy) is 1. The van der Waals surface area contributed by atoms with Crippen LogP contribution in [-0.4, -0.2) is 24.3 Å². The summed E-state index contributed by atoms with van der Waals surface area (Å²) in [5.74, 6) is 4.75. The fraction of sp³-hybridized carbons (Fsp3) is 0.545. The summed E-state index contributed by atoms with van der Waals surface area (Å²) in [6, 6.07) is 3.62. The topological polar surface area (TPSA) is 66.5 Å². The summed E-state index contributed by atoms with van der Waals surface area (Å²) >= 11 is 0. The van der Waals surface area contributed by atoms with Crippen molar-refractivity contribution in [3.63, 3.8) is 0 Å². The van der Waals surface area contributed by atoms with Gasteiger partial charge in [0.25, 0.3) is 0 Å². The standard InChI is InChI=1S/C11H18N2O3/c1-11(2,7-16-12)9-6-5-8(13(9)3)10(14)15-4/h5-6H,7,12H2,1-4H3.